The van der Waals surface area contributed by atoms with Crippen LogP contribution in [0.1, 0.15) is 31.9 Å². The lowest BCUT2D eigenvalue weighted by Gasteiger charge is -2.23. The van der Waals surface area contributed by atoms with Crippen molar-refractivity contribution in [2.75, 3.05) is 13.1 Å². The van der Waals surface area contributed by atoms with Gasteiger partial charge >= 0.3 is 0 Å². The summed E-state index contributed by atoms with van der Waals surface area (Å²) in [7, 11) is 0. The Morgan fingerprint density at radius 3 is 2.47 bits per heavy atom. The first kappa shape index (κ1) is 14.1. The van der Waals surface area contributed by atoms with E-state index in [4.69, 9.17) is 5.73 Å². The molecule has 0 aromatic heterocycles. The quantitative estimate of drug-likeness (QED) is 0.825. The summed E-state index contributed by atoms with van der Waals surface area (Å²) in [5.74, 6) is 0.452. The molecule has 0 amide bonds. The van der Waals surface area contributed by atoms with Crippen molar-refractivity contribution < 1.29 is 4.39 Å². The summed E-state index contributed by atoms with van der Waals surface area (Å²) in [6, 6.07) is 5.47. The third-order valence-electron chi connectivity index (χ3n) is 2.84. The second kappa shape index (κ2) is 6.72. The highest BCUT2D eigenvalue weighted by Gasteiger charge is 2.11. The number of rotatable bonds is 6. The number of nitrogens with zero attached hydrogens (tertiary/aromatic N) is 1. The lowest BCUT2D eigenvalue weighted by atomic mass is 10.1. The minimum atomic E-state index is -0.141. The molecule has 0 aliphatic rings. The molecule has 0 spiro atoms. The topological polar surface area (TPSA) is 29.3 Å². The van der Waals surface area contributed by atoms with Crippen molar-refractivity contribution in [3.05, 3.63) is 35.1 Å². The molecule has 3 heteroatoms. The second-order valence-corrected chi connectivity index (χ2v) is 4.82. The van der Waals surface area contributed by atoms with E-state index >= 15 is 0 Å². The molecule has 96 valence electrons. The first-order valence-electron chi connectivity index (χ1n) is 6.27. The SMILES string of the molecule is CCN(Cc1cccc(CN)c1F)CC(C)C. The van der Waals surface area contributed by atoms with E-state index in [1.54, 1.807) is 6.07 Å². The summed E-state index contributed by atoms with van der Waals surface area (Å²) < 4.78 is 14.0. The highest BCUT2D eigenvalue weighted by molar-refractivity contribution is 5.25. The summed E-state index contributed by atoms with van der Waals surface area (Å²) in [4.78, 5) is 2.25. The molecule has 0 atom stereocenters. The van der Waals surface area contributed by atoms with Gasteiger partial charge in [-0.15, -0.1) is 0 Å². The first-order chi connectivity index (χ1) is 8.08. The normalized spacial score (nSPS) is 11.5. The molecule has 0 aliphatic carbocycles. The Morgan fingerprint density at radius 1 is 1.29 bits per heavy atom. The van der Waals surface area contributed by atoms with Gasteiger partial charge in [-0.3, -0.25) is 4.90 Å². The molecule has 0 aliphatic heterocycles. The van der Waals surface area contributed by atoms with Crippen molar-refractivity contribution >= 4 is 0 Å². The van der Waals surface area contributed by atoms with Gasteiger partial charge in [-0.05, 0) is 12.5 Å². The largest absolute Gasteiger partial charge is 0.326 e. The lowest BCUT2D eigenvalue weighted by molar-refractivity contribution is 0.245. The highest BCUT2D eigenvalue weighted by Crippen LogP contribution is 2.15. The molecule has 2 N–H and O–H groups in total. The van der Waals surface area contributed by atoms with Gasteiger partial charge in [0.05, 0.1) is 0 Å². The van der Waals surface area contributed by atoms with Crippen LogP contribution in [-0.2, 0) is 13.1 Å². The summed E-state index contributed by atoms with van der Waals surface area (Å²) in [5.41, 5.74) is 6.86. The molecule has 0 heterocycles. The lowest BCUT2D eigenvalue weighted by Crippen LogP contribution is -2.27. The van der Waals surface area contributed by atoms with E-state index in [2.05, 4.69) is 25.7 Å². The smallest absolute Gasteiger partial charge is 0.132 e. The zero-order valence-corrected chi connectivity index (χ0v) is 11.0. The maximum atomic E-state index is 14.0. The molecule has 1 aromatic carbocycles. The Balaban J connectivity index is 2.79. The van der Waals surface area contributed by atoms with E-state index in [1.165, 1.54) is 0 Å². The van der Waals surface area contributed by atoms with Crippen LogP contribution in [0.3, 0.4) is 0 Å². The number of halogens is 1. The molecule has 1 aromatic rings. The summed E-state index contributed by atoms with van der Waals surface area (Å²) in [5, 5.41) is 0. The van der Waals surface area contributed by atoms with E-state index in [0.29, 0.717) is 18.0 Å². The average Bonchev–Trinajstić information content (AvgIpc) is 2.30. The Bertz CT molecular complexity index is 350. The Hall–Kier alpha value is -0.930. The molecule has 0 saturated heterocycles. The van der Waals surface area contributed by atoms with Crippen LogP contribution in [0.5, 0.6) is 0 Å². The van der Waals surface area contributed by atoms with Crippen LogP contribution in [-0.4, -0.2) is 18.0 Å². The van der Waals surface area contributed by atoms with E-state index in [9.17, 15) is 4.39 Å². The van der Waals surface area contributed by atoms with Gasteiger partial charge in [0.15, 0.2) is 0 Å². The summed E-state index contributed by atoms with van der Waals surface area (Å²) in [6.07, 6.45) is 0. The molecule has 0 radical (unpaired) electrons. The molecule has 2 nitrogen and oxygen atoms in total. The highest BCUT2D eigenvalue weighted by atomic mass is 19.1. The summed E-state index contributed by atoms with van der Waals surface area (Å²) in [6.45, 7) is 9.30. The van der Waals surface area contributed by atoms with Crippen molar-refractivity contribution in [1.82, 2.24) is 4.90 Å². The number of benzene rings is 1. The van der Waals surface area contributed by atoms with Crippen LogP contribution in [0.15, 0.2) is 18.2 Å². The van der Waals surface area contributed by atoms with Gasteiger partial charge in [-0.2, -0.15) is 0 Å². The number of nitrogens with two attached hydrogens (primary N) is 1. The molecule has 0 bridgehead atoms. The molecule has 0 fully saturated rings. The minimum absolute atomic E-state index is 0.141. The van der Waals surface area contributed by atoms with E-state index in [0.717, 1.165) is 18.7 Å². The van der Waals surface area contributed by atoms with Crippen LogP contribution in [0, 0.1) is 11.7 Å². The maximum Gasteiger partial charge on any atom is 0.132 e. The van der Waals surface area contributed by atoms with Crippen LogP contribution in [0.4, 0.5) is 4.39 Å². The average molecular weight is 238 g/mol. The third-order valence-corrected chi connectivity index (χ3v) is 2.84. The third kappa shape index (κ3) is 4.10. The zero-order valence-electron chi connectivity index (χ0n) is 11.0. The van der Waals surface area contributed by atoms with E-state index < -0.39 is 0 Å². The van der Waals surface area contributed by atoms with Crippen LogP contribution < -0.4 is 5.73 Å². The zero-order chi connectivity index (χ0) is 12.8. The van der Waals surface area contributed by atoms with Gasteiger partial charge in [-0.1, -0.05) is 39.0 Å². The predicted molar refractivity (Wildman–Crippen MR) is 70.1 cm³/mol. The molecule has 17 heavy (non-hydrogen) atoms. The van der Waals surface area contributed by atoms with Crippen molar-refractivity contribution in [1.29, 1.82) is 0 Å². The fourth-order valence-electron chi connectivity index (χ4n) is 1.98. The van der Waals surface area contributed by atoms with Gasteiger partial charge in [0.2, 0.25) is 0 Å². The molecule has 1 rings (SSSR count). The first-order valence-corrected chi connectivity index (χ1v) is 6.27. The van der Waals surface area contributed by atoms with Crippen LogP contribution in [0.25, 0.3) is 0 Å². The van der Waals surface area contributed by atoms with E-state index in [-0.39, 0.29) is 12.4 Å². The molecule has 0 saturated carbocycles. The molecule has 0 unspecified atom stereocenters. The van der Waals surface area contributed by atoms with Crippen LogP contribution >= 0.6 is 0 Å². The number of hydrogen-bond donors (Lipinski definition) is 1. The second-order valence-electron chi connectivity index (χ2n) is 4.82. The van der Waals surface area contributed by atoms with Crippen LogP contribution in [0.2, 0.25) is 0 Å². The Morgan fingerprint density at radius 2 is 1.94 bits per heavy atom. The minimum Gasteiger partial charge on any atom is -0.326 e. The fraction of sp³-hybridized carbons (Fsp3) is 0.571. The molecular weight excluding hydrogens is 215 g/mol. The number of hydrogen-bond acceptors (Lipinski definition) is 2. The van der Waals surface area contributed by atoms with Crippen molar-refractivity contribution in [3.63, 3.8) is 0 Å². The van der Waals surface area contributed by atoms with Crippen molar-refractivity contribution in [2.24, 2.45) is 11.7 Å². The molecular formula is C14H23FN2. The Labute approximate surface area is 104 Å². The van der Waals surface area contributed by atoms with Crippen molar-refractivity contribution in [2.45, 2.75) is 33.9 Å². The Kier molecular flexibility index (Phi) is 5.59. The van der Waals surface area contributed by atoms with Gasteiger partial charge < -0.3 is 5.73 Å². The van der Waals surface area contributed by atoms with Gasteiger partial charge in [0.1, 0.15) is 5.82 Å². The van der Waals surface area contributed by atoms with Gasteiger partial charge in [0.25, 0.3) is 0 Å². The maximum absolute atomic E-state index is 14.0. The summed E-state index contributed by atoms with van der Waals surface area (Å²) >= 11 is 0. The van der Waals surface area contributed by atoms with Gasteiger partial charge in [-0.25, -0.2) is 4.39 Å². The van der Waals surface area contributed by atoms with Gasteiger partial charge in [0, 0.05) is 30.8 Å². The predicted octanol–water partition coefficient (Wildman–Crippen LogP) is 2.76. The van der Waals surface area contributed by atoms with E-state index in [1.807, 2.05) is 12.1 Å². The monoisotopic (exact) mass is 238 g/mol. The standard InChI is InChI=1S/C14H23FN2/c1-4-17(9-11(2)3)10-13-7-5-6-12(8-16)14(13)15/h5-7,11H,4,8-10,16H2,1-3H3. The van der Waals surface area contributed by atoms with Crippen molar-refractivity contribution in [3.8, 4) is 0 Å². The fourth-order valence-corrected chi connectivity index (χ4v) is 1.98.